The molecule has 0 aromatic heterocycles. The van der Waals surface area contributed by atoms with Crippen molar-refractivity contribution >= 4 is 11.4 Å². The molecular weight excluding hydrogens is 233 g/mol. The molecule has 1 aromatic rings. The maximum atomic E-state index is 12.4. The number of hydrogen-bond acceptors (Lipinski definition) is 3. The minimum Gasteiger partial charge on any atom is -0.411 e. The molecule has 17 heavy (non-hydrogen) atoms. The molecule has 0 amide bonds. The quantitative estimate of drug-likeness (QED) is 0.609. The summed E-state index contributed by atoms with van der Waals surface area (Å²) in [6.45, 7) is -0.779. The van der Waals surface area contributed by atoms with Gasteiger partial charge in [-0.2, -0.15) is 13.2 Å². The van der Waals surface area contributed by atoms with E-state index >= 15 is 0 Å². The molecule has 0 bridgehead atoms. The van der Waals surface area contributed by atoms with Gasteiger partial charge in [-0.3, -0.25) is 0 Å². The van der Waals surface area contributed by atoms with Gasteiger partial charge in [0.2, 0.25) is 0 Å². The van der Waals surface area contributed by atoms with Gasteiger partial charge in [-0.15, -0.1) is 0 Å². The van der Waals surface area contributed by atoms with Crippen molar-refractivity contribution in [1.82, 2.24) is 0 Å². The maximum absolute atomic E-state index is 12.4. The molecule has 1 N–H and O–H groups in total. The van der Waals surface area contributed by atoms with E-state index in [4.69, 9.17) is 5.21 Å². The van der Waals surface area contributed by atoms with E-state index in [1.165, 1.54) is 4.90 Å². The Morgan fingerprint density at radius 2 is 2.00 bits per heavy atom. The number of hydrogen-bond donors (Lipinski definition) is 1. The Bertz CT molecular complexity index is 443. The molecule has 92 valence electrons. The Morgan fingerprint density at radius 3 is 2.65 bits per heavy atom. The molecule has 3 nitrogen and oxygen atoms in total. The number of halogens is 3. The lowest BCUT2D eigenvalue weighted by molar-refractivity contribution is -0.119. The molecule has 1 aliphatic rings. The number of fused-ring (bicyclic) bond motifs is 1. The van der Waals surface area contributed by atoms with Gasteiger partial charge in [0.1, 0.15) is 6.54 Å². The maximum Gasteiger partial charge on any atom is 0.405 e. The van der Waals surface area contributed by atoms with Gasteiger partial charge in [0, 0.05) is 24.2 Å². The van der Waals surface area contributed by atoms with Gasteiger partial charge in [0.05, 0.1) is 5.71 Å². The van der Waals surface area contributed by atoms with Crippen molar-refractivity contribution in [2.75, 3.05) is 18.0 Å². The highest BCUT2D eigenvalue weighted by atomic mass is 19.4. The molecule has 6 heteroatoms. The monoisotopic (exact) mass is 244 g/mol. The minimum absolute atomic E-state index is 0.204. The second-order valence-electron chi connectivity index (χ2n) is 3.85. The van der Waals surface area contributed by atoms with Gasteiger partial charge in [-0.1, -0.05) is 23.4 Å². The molecular formula is C11H11F3N2O. The Kier molecular flexibility index (Phi) is 2.95. The summed E-state index contributed by atoms with van der Waals surface area (Å²) in [6, 6.07) is 6.64. The SMILES string of the molecule is O/N=C1/CCN(CC(F)(F)F)c2ccccc21. The molecule has 1 aliphatic heterocycles. The van der Waals surface area contributed by atoms with Crippen molar-refractivity contribution in [2.45, 2.75) is 12.6 Å². The number of benzene rings is 1. The first-order valence-electron chi connectivity index (χ1n) is 5.13. The van der Waals surface area contributed by atoms with Crippen LogP contribution in [0.15, 0.2) is 29.4 Å². The van der Waals surface area contributed by atoms with Crippen molar-refractivity contribution in [2.24, 2.45) is 5.16 Å². The zero-order valence-electron chi connectivity index (χ0n) is 8.91. The van der Waals surface area contributed by atoms with Crippen molar-refractivity contribution in [3.8, 4) is 0 Å². The summed E-state index contributed by atoms with van der Waals surface area (Å²) in [6.07, 6.45) is -3.93. The molecule has 0 fully saturated rings. The van der Waals surface area contributed by atoms with Crippen molar-refractivity contribution < 1.29 is 18.4 Å². The first-order chi connectivity index (χ1) is 8.01. The summed E-state index contributed by atoms with van der Waals surface area (Å²) in [4.78, 5) is 1.25. The van der Waals surface area contributed by atoms with Crippen LogP contribution in [0.3, 0.4) is 0 Å². The van der Waals surface area contributed by atoms with Gasteiger partial charge in [-0.25, -0.2) is 0 Å². The van der Waals surface area contributed by atoms with Crippen LogP contribution in [0.2, 0.25) is 0 Å². The first-order valence-corrected chi connectivity index (χ1v) is 5.13. The third-order valence-electron chi connectivity index (χ3n) is 2.67. The van der Waals surface area contributed by atoms with Crippen LogP contribution in [-0.4, -0.2) is 30.2 Å². The van der Waals surface area contributed by atoms with E-state index in [0.717, 1.165) is 0 Å². The largest absolute Gasteiger partial charge is 0.411 e. The van der Waals surface area contributed by atoms with Gasteiger partial charge in [0.15, 0.2) is 0 Å². The Hall–Kier alpha value is -1.72. The van der Waals surface area contributed by atoms with E-state index in [-0.39, 0.29) is 6.54 Å². The van der Waals surface area contributed by atoms with Crippen LogP contribution in [0.4, 0.5) is 18.9 Å². The fourth-order valence-corrected chi connectivity index (χ4v) is 1.97. The molecule has 0 atom stereocenters. The predicted molar refractivity (Wildman–Crippen MR) is 57.7 cm³/mol. The van der Waals surface area contributed by atoms with E-state index < -0.39 is 12.7 Å². The van der Waals surface area contributed by atoms with Gasteiger partial charge in [0.25, 0.3) is 0 Å². The standard InChI is InChI=1S/C11H11F3N2O/c12-11(13,14)7-16-6-5-9(15-17)8-3-1-2-4-10(8)16/h1-4,17H,5-7H2/b15-9-. The topological polar surface area (TPSA) is 35.8 Å². The summed E-state index contributed by atoms with van der Waals surface area (Å²) < 4.78 is 37.2. The summed E-state index contributed by atoms with van der Waals surface area (Å²) in [5.74, 6) is 0. The molecule has 0 unspecified atom stereocenters. The Labute approximate surface area is 96.2 Å². The van der Waals surface area contributed by atoms with E-state index in [9.17, 15) is 13.2 Å². The lowest BCUT2D eigenvalue weighted by Gasteiger charge is -2.31. The van der Waals surface area contributed by atoms with Crippen LogP contribution in [0.25, 0.3) is 0 Å². The molecule has 0 saturated carbocycles. The van der Waals surface area contributed by atoms with E-state index in [2.05, 4.69) is 5.16 Å². The van der Waals surface area contributed by atoms with E-state index in [1.54, 1.807) is 24.3 Å². The molecule has 0 aliphatic carbocycles. The van der Waals surface area contributed by atoms with Crippen LogP contribution < -0.4 is 4.90 Å². The molecule has 0 radical (unpaired) electrons. The highest BCUT2D eigenvalue weighted by Crippen LogP contribution is 2.30. The van der Waals surface area contributed by atoms with Crippen molar-refractivity contribution in [1.29, 1.82) is 0 Å². The van der Waals surface area contributed by atoms with Gasteiger partial charge < -0.3 is 10.1 Å². The highest BCUT2D eigenvalue weighted by molar-refractivity contribution is 6.06. The normalized spacial score (nSPS) is 18.3. The van der Waals surface area contributed by atoms with Crippen LogP contribution in [0, 0.1) is 0 Å². The van der Waals surface area contributed by atoms with Crippen molar-refractivity contribution in [3.63, 3.8) is 0 Å². The number of para-hydroxylation sites is 1. The van der Waals surface area contributed by atoms with Crippen LogP contribution in [0.5, 0.6) is 0 Å². The average Bonchev–Trinajstić information content (AvgIpc) is 2.28. The number of nitrogens with zero attached hydrogens (tertiary/aromatic N) is 2. The summed E-state index contributed by atoms with van der Waals surface area (Å²) >= 11 is 0. The second-order valence-corrected chi connectivity index (χ2v) is 3.85. The lowest BCUT2D eigenvalue weighted by Crippen LogP contribution is -2.39. The van der Waals surface area contributed by atoms with E-state index in [1.807, 2.05) is 0 Å². The fourth-order valence-electron chi connectivity index (χ4n) is 1.97. The zero-order chi connectivity index (χ0) is 12.5. The number of alkyl halides is 3. The fraction of sp³-hybridized carbons (Fsp3) is 0.364. The molecule has 0 saturated heterocycles. The summed E-state index contributed by atoms with van der Waals surface area (Å²) in [5.41, 5.74) is 1.45. The van der Waals surface area contributed by atoms with Gasteiger partial charge in [-0.05, 0) is 6.07 Å². The average molecular weight is 244 g/mol. The summed E-state index contributed by atoms with van der Waals surface area (Å²) in [5, 5.41) is 11.9. The van der Waals surface area contributed by atoms with Crippen LogP contribution >= 0.6 is 0 Å². The molecule has 1 heterocycles. The second kappa shape index (κ2) is 4.27. The molecule has 0 spiro atoms. The zero-order valence-corrected chi connectivity index (χ0v) is 8.91. The predicted octanol–water partition coefficient (Wildman–Crippen LogP) is 2.64. The third kappa shape index (κ3) is 2.51. The highest BCUT2D eigenvalue weighted by Gasteiger charge is 2.33. The number of anilines is 1. The van der Waals surface area contributed by atoms with Crippen LogP contribution in [0.1, 0.15) is 12.0 Å². The molecule has 1 aromatic carbocycles. The first kappa shape index (κ1) is 11.8. The lowest BCUT2D eigenvalue weighted by atomic mass is 10.00. The Morgan fingerprint density at radius 1 is 1.29 bits per heavy atom. The summed E-state index contributed by atoms with van der Waals surface area (Å²) in [7, 11) is 0. The Balaban J connectivity index is 2.35. The van der Waals surface area contributed by atoms with E-state index in [0.29, 0.717) is 23.4 Å². The van der Waals surface area contributed by atoms with Crippen molar-refractivity contribution in [3.05, 3.63) is 29.8 Å². The third-order valence-corrected chi connectivity index (χ3v) is 2.67. The minimum atomic E-state index is -4.24. The van der Waals surface area contributed by atoms with Gasteiger partial charge >= 0.3 is 6.18 Å². The smallest absolute Gasteiger partial charge is 0.405 e. The number of oxime groups is 1. The number of rotatable bonds is 1. The molecule has 2 rings (SSSR count). The van der Waals surface area contributed by atoms with Crippen LogP contribution in [-0.2, 0) is 0 Å².